The summed E-state index contributed by atoms with van der Waals surface area (Å²) < 4.78 is 27.3. The molecule has 11 heteroatoms. The van der Waals surface area contributed by atoms with Gasteiger partial charge in [0.05, 0.1) is 52.9 Å². The number of carbonyl (C=O) groups is 1. The van der Waals surface area contributed by atoms with E-state index in [4.69, 9.17) is 29.2 Å². The highest BCUT2D eigenvalue weighted by Gasteiger charge is 2.23. The average Bonchev–Trinajstić information content (AvgIpc) is 2.75. The second-order valence-corrected chi connectivity index (χ2v) is 6.64. The summed E-state index contributed by atoms with van der Waals surface area (Å²) in [6.45, 7) is 8.68. The minimum absolute atomic E-state index is 0.0462. The molecule has 0 bridgehead atoms. The standard InChI is InChI=1S/C20H39N5O6/c1-4-5-8-23-19(26)6-10-27-13-16-30-17-18-31-20(2,24-25-21)7-11-28-14-15-29-12-9-22-3/h4-5,22H,6-18H2,1-3H3,(H,23,26)/b5-4+. The Labute approximate surface area is 185 Å². The van der Waals surface area contributed by atoms with E-state index in [-0.39, 0.29) is 12.5 Å². The van der Waals surface area contributed by atoms with Gasteiger partial charge < -0.3 is 34.3 Å². The molecule has 0 spiro atoms. The Bertz CT molecular complexity index is 516. The highest BCUT2D eigenvalue weighted by atomic mass is 16.6. The van der Waals surface area contributed by atoms with E-state index >= 15 is 0 Å². The number of nitrogens with zero attached hydrogens (tertiary/aromatic N) is 3. The zero-order valence-electron chi connectivity index (χ0n) is 19.1. The maximum absolute atomic E-state index is 11.5. The molecule has 0 aromatic carbocycles. The van der Waals surface area contributed by atoms with Crippen molar-refractivity contribution >= 4 is 5.91 Å². The Morgan fingerprint density at radius 1 is 1.00 bits per heavy atom. The summed E-state index contributed by atoms with van der Waals surface area (Å²) >= 11 is 0. The van der Waals surface area contributed by atoms with Crippen LogP contribution in [0.25, 0.3) is 10.4 Å². The fourth-order valence-electron chi connectivity index (χ4n) is 2.19. The monoisotopic (exact) mass is 445 g/mol. The van der Waals surface area contributed by atoms with Crippen LogP contribution in [-0.4, -0.2) is 91.2 Å². The van der Waals surface area contributed by atoms with Crippen LogP contribution in [-0.2, 0) is 28.5 Å². The van der Waals surface area contributed by atoms with E-state index in [2.05, 4.69) is 20.7 Å². The van der Waals surface area contributed by atoms with Crippen molar-refractivity contribution in [3.8, 4) is 0 Å². The van der Waals surface area contributed by atoms with Crippen LogP contribution in [0.5, 0.6) is 0 Å². The first-order chi connectivity index (χ1) is 15.1. The molecule has 0 aromatic heterocycles. The van der Waals surface area contributed by atoms with Gasteiger partial charge in [-0.1, -0.05) is 17.3 Å². The van der Waals surface area contributed by atoms with Gasteiger partial charge in [-0.25, -0.2) is 0 Å². The molecule has 180 valence electrons. The summed E-state index contributed by atoms with van der Waals surface area (Å²) in [4.78, 5) is 14.3. The summed E-state index contributed by atoms with van der Waals surface area (Å²) in [5.41, 5.74) is 7.78. The predicted octanol–water partition coefficient (Wildman–Crippen LogP) is 1.79. The molecule has 1 amide bonds. The molecule has 1 unspecified atom stereocenters. The molecule has 11 nitrogen and oxygen atoms in total. The van der Waals surface area contributed by atoms with E-state index in [0.717, 1.165) is 6.54 Å². The third-order valence-corrected chi connectivity index (χ3v) is 3.97. The number of carbonyl (C=O) groups excluding carboxylic acids is 1. The maximum atomic E-state index is 11.5. The van der Waals surface area contributed by atoms with Gasteiger partial charge in [-0.3, -0.25) is 4.79 Å². The van der Waals surface area contributed by atoms with Crippen molar-refractivity contribution < 1.29 is 28.5 Å². The minimum atomic E-state index is -0.998. The number of allylic oxidation sites excluding steroid dienone is 1. The summed E-state index contributed by atoms with van der Waals surface area (Å²) in [6.07, 6.45) is 4.49. The third kappa shape index (κ3) is 20.0. The smallest absolute Gasteiger partial charge is 0.222 e. The number of hydrogen-bond donors (Lipinski definition) is 2. The van der Waals surface area contributed by atoms with Gasteiger partial charge in [0, 0.05) is 37.4 Å². The fraction of sp³-hybridized carbons (Fsp3) is 0.850. The van der Waals surface area contributed by atoms with Crippen molar-refractivity contribution in [3.05, 3.63) is 22.6 Å². The molecule has 0 rings (SSSR count). The molecule has 0 aliphatic carbocycles. The molecule has 0 aliphatic rings. The molecule has 1 atom stereocenters. The summed E-state index contributed by atoms with van der Waals surface area (Å²) in [5.74, 6) is -0.0462. The first-order valence-corrected chi connectivity index (χ1v) is 10.6. The van der Waals surface area contributed by atoms with E-state index < -0.39 is 5.72 Å². The summed E-state index contributed by atoms with van der Waals surface area (Å²) in [5, 5.41) is 9.48. The second-order valence-electron chi connectivity index (χ2n) is 6.64. The van der Waals surface area contributed by atoms with Crippen molar-refractivity contribution in [2.45, 2.75) is 32.4 Å². The Kier molecular flexibility index (Phi) is 20.3. The first kappa shape index (κ1) is 29.3. The van der Waals surface area contributed by atoms with E-state index in [1.807, 2.05) is 26.1 Å². The fourth-order valence-corrected chi connectivity index (χ4v) is 2.19. The molecule has 0 aliphatic heterocycles. The molecule has 0 heterocycles. The molecule has 0 radical (unpaired) electrons. The lowest BCUT2D eigenvalue weighted by Gasteiger charge is -2.24. The van der Waals surface area contributed by atoms with Crippen molar-refractivity contribution in [1.29, 1.82) is 0 Å². The van der Waals surface area contributed by atoms with Crippen LogP contribution in [0, 0.1) is 0 Å². The van der Waals surface area contributed by atoms with Crippen LogP contribution in [0.2, 0.25) is 0 Å². The lowest BCUT2D eigenvalue weighted by Crippen LogP contribution is -2.29. The van der Waals surface area contributed by atoms with E-state index in [0.29, 0.717) is 72.2 Å². The molecule has 0 fully saturated rings. The molecule has 0 aromatic rings. The number of azide groups is 1. The van der Waals surface area contributed by atoms with Gasteiger partial charge in [0.15, 0.2) is 0 Å². The molecule has 0 saturated carbocycles. The topological polar surface area (TPSA) is 136 Å². The zero-order valence-corrected chi connectivity index (χ0v) is 19.1. The largest absolute Gasteiger partial charge is 0.379 e. The van der Waals surface area contributed by atoms with Crippen LogP contribution < -0.4 is 10.6 Å². The SMILES string of the molecule is C/C=C/CNC(=O)CCOCCOCCOC(C)(CCOCCOCCNC)N=[N+]=[N-]. The van der Waals surface area contributed by atoms with Gasteiger partial charge in [-0.05, 0) is 26.4 Å². The Morgan fingerprint density at radius 3 is 2.26 bits per heavy atom. The van der Waals surface area contributed by atoms with Gasteiger partial charge in [-0.2, -0.15) is 0 Å². The number of likely N-dealkylation sites (N-methyl/N-ethyl adjacent to an activating group) is 1. The minimum Gasteiger partial charge on any atom is -0.379 e. The van der Waals surface area contributed by atoms with Crippen molar-refractivity contribution in [2.24, 2.45) is 5.11 Å². The molecule has 2 N–H and O–H groups in total. The lowest BCUT2D eigenvalue weighted by atomic mass is 10.2. The van der Waals surface area contributed by atoms with Gasteiger partial charge in [-0.15, -0.1) is 0 Å². The average molecular weight is 446 g/mol. The number of ether oxygens (including phenoxy) is 5. The highest BCUT2D eigenvalue weighted by molar-refractivity contribution is 5.76. The van der Waals surface area contributed by atoms with E-state index in [9.17, 15) is 4.79 Å². The van der Waals surface area contributed by atoms with E-state index in [1.165, 1.54) is 0 Å². The van der Waals surface area contributed by atoms with Crippen LogP contribution in [0.1, 0.15) is 26.7 Å². The van der Waals surface area contributed by atoms with E-state index in [1.54, 1.807) is 6.92 Å². The van der Waals surface area contributed by atoms with Crippen molar-refractivity contribution in [1.82, 2.24) is 10.6 Å². The zero-order chi connectivity index (χ0) is 23.0. The Morgan fingerprint density at radius 2 is 1.61 bits per heavy atom. The molecule has 31 heavy (non-hydrogen) atoms. The van der Waals surface area contributed by atoms with Gasteiger partial charge in [0.1, 0.15) is 5.72 Å². The van der Waals surface area contributed by atoms with Crippen LogP contribution in [0.3, 0.4) is 0 Å². The van der Waals surface area contributed by atoms with Gasteiger partial charge in [0.2, 0.25) is 5.91 Å². The number of rotatable bonds is 22. The number of hydrogen-bond acceptors (Lipinski definition) is 8. The van der Waals surface area contributed by atoms with Crippen molar-refractivity contribution in [2.75, 3.05) is 79.6 Å². The maximum Gasteiger partial charge on any atom is 0.222 e. The number of nitrogens with one attached hydrogen (secondary N) is 2. The summed E-state index contributed by atoms with van der Waals surface area (Å²) in [6, 6.07) is 0. The van der Waals surface area contributed by atoms with Gasteiger partial charge in [0.25, 0.3) is 0 Å². The van der Waals surface area contributed by atoms with Crippen LogP contribution in [0.4, 0.5) is 0 Å². The van der Waals surface area contributed by atoms with Crippen LogP contribution >= 0.6 is 0 Å². The highest BCUT2D eigenvalue weighted by Crippen LogP contribution is 2.17. The quantitative estimate of drug-likeness (QED) is 0.0852. The van der Waals surface area contributed by atoms with Gasteiger partial charge >= 0.3 is 0 Å². The number of amides is 1. The van der Waals surface area contributed by atoms with Crippen molar-refractivity contribution in [3.63, 3.8) is 0 Å². The summed E-state index contributed by atoms with van der Waals surface area (Å²) in [7, 11) is 1.87. The second kappa shape index (κ2) is 21.5. The molecular formula is C20H39N5O6. The first-order valence-electron chi connectivity index (χ1n) is 10.6. The predicted molar refractivity (Wildman–Crippen MR) is 118 cm³/mol. The Hall–Kier alpha value is -1.72. The Balaban J connectivity index is 3.70. The third-order valence-electron chi connectivity index (χ3n) is 3.97. The van der Waals surface area contributed by atoms with Crippen LogP contribution in [0.15, 0.2) is 17.3 Å². The molecular weight excluding hydrogens is 406 g/mol. The lowest BCUT2D eigenvalue weighted by molar-refractivity contribution is -0.122. The molecule has 0 saturated heterocycles. The normalized spacial score (nSPS) is 13.1.